The van der Waals surface area contributed by atoms with E-state index in [9.17, 15) is 35.1 Å². The van der Waals surface area contributed by atoms with E-state index in [0.29, 0.717) is 5.56 Å². The molecule has 0 heterocycles. The maximum atomic E-state index is 11.8. The molecule has 4 atom stereocenters. The first-order chi connectivity index (χ1) is 11.6. The molecule has 0 radical (unpaired) electrons. The van der Waals surface area contributed by atoms with Gasteiger partial charge in [-0.05, 0) is 23.8 Å². The second-order valence-corrected chi connectivity index (χ2v) is 5.86. The van der Waals surface area contributed by atoms with E-state index in [0.717, 1.165) is 6.08 Å². The van der Waals surface area contributed by atoms with Gasteiger partial charge in [0.1, 0.15) is 12.2 Å². The minimum atomic E-state index is -2.31. The van der Waals surface area contributed by atoms with Gasteiger partial charge in [-0.1, -0.05) is 50.6 Å². The highest BCUT2D eigenvalue weighted by atomic mass is 16.6. The topological polar surface area (TPSA) is 165 Å². The van der Waals surface area contributed by atoms with Crippen LogP contribution in [-0.4, -0.2) is 66.5 Å². The van der Waals surface area contributed by atoms with E-state index in [-0.39, 0.29) is 56.1 Å². The summed E-state index contributed by atoms with van der Waals surface area (Å²) >= 11 is 0. The molecule has 0 spiro atoms. The van der Waals surface area contributed by atoms with Crippen LogP contribution in [0, 0.1) is 0 Å². The molecule has 0 aromatic heterocycles. The van der Waals surface area contributed by atoms with Crippen molar-refractivity contribution in [2.75, 3.05) is 0 Å². The smallest absolute Gasteiger partial charge is 0.335 e. The van der Waals surface area contributed by atoms with Crippen LogP contribution in [0.3, 0.4) is 0 Å². The number of carbonyl (C=O) groups excluding carboxylic acids is 1. The summed E-state index contributed by atoms with van der Waals surface area (Å²) in [4.78, 5) is 22.9. The molecular weight excluding hydrogens is 408 g/mol. The first kappa shape index (κ1) is 38.9. The van der Waals surface area contributed by atoms with Gasteiger partial charge in [0.05, 0.1) is 6.10 Å². The van der Waals surface area contributed by atoms with E-state index in [1.807, 2.05) is 0 Å². The van der Waals surface area contributed by atoms with E-state index >= 15 is 0 Å². The molecular formula is C22H42O9. The van der Waals surface area contributed by atoms with Crippen molar-refractivity contribution in [2.24, 2.45) is 0 Å². The lowest BCUT2D eigenvalue weighted by Gasteiger charge is -2.39. The normalized spacial score (nSPS) is 23.8. The standard InChI is InChI=1S/C16H18O9.6CH4/c17-9-3-1-8(5-10(9)18)2-4-13(20)25-12-7-16(24,15(22)23)6-11(19)14(12)21;;;;;;/h1-5,11-12,14,17-19,21,24H,6-7H2,(H,22,23);6*1H4. The fourth-order valence-corrected chi connectivity index (χ4v) is 2.53. The van der Waals surface area contributed by atoms with E-state index < -0.39 is 48.7 Å². The van der Waals surface area contributed by atoms with Crippen molar-refractivity contribution in [3.8, 4) is 11.5 Å². The van der Waals surface area contributed by atoms with Crippen molar-refractivity contribution in [3.63, 3.8) is 0 Å². The number of hydrogen-bond acceptors (Lipinski definition) is 8. The van der Waals surface area contributed by atoms with Gasteiger partial charge < -0.3 is 35.4 Å². The van der Waals surface area contributed by atoms with Crippen LogP contribution in [0.15, 0.2) is 24.3 Å². The van der Waals surface area contributed by atoms with Crippen LogP contribution >= 0.6 is 0 Å². The van der Waals surface area contributed by atoms with E-state index in [2.05, 4.69) is 0 Å². The number of carbonyl (C=O) groups is 2. The SMILES string of the molecule is C.C.C.C.C.C.O=C(C=Cc1ccc(O)c(O)c1)OC1CC(O)(C(=O)O)CC(O)C1O. The van der Waals surface area contributed by atoms with Crippen molar-refractivity contribution in [1.82, 2.24) is 0 Å². The summed E-state index contributed by atoms with van der Waals surface area (Å²) in [7, 11) is 0. The Morgan fingerprint density at radius 2 is 1.52 bits per heavy atom. The van der Waals surface area contributed by atoms with E-state index in [1.165, 1.54) is 24.3 Å². The molecule has 1 aromatic carbocycles. The maximum Gasteiger partial charge on any atom is 0.335 e. The van der Waals surface area contributed by atoms with Crippen molar-refractivity contribution in [1.29, 1.82) is 0 Å². The van der Waals surface area contributed by atoms with Gasteiger partial charge in [0.15, 0.2) is 17.1 Å². The number of aromatic hydroxyl groups is 2. The lowest BCUT2D eigenvalue weighted by molar-refractivity contribution is -0.196. The lowest BCUT2D eigenvalue weighted by atomic mass is 9.79. The zero-order valence-corrected chi connectivity index (χ0v) is 12.9. The zero-order valence-electron chi connectivity index (χ0n) is 12.9. The van der Waals surface area contributed by atoms with Crippen LogP contribution in [0.25, 0.3) is 6.08 Å². The third kappa shape index (κ3) is 9.37. The molecule has 1 saturated carbocycles. The number of aliphatic hydroxyl groups is 3. The number of ether oxygens (including phenoxy) is 1. The monoisotopic (exact) mass is 450 g/mol. The van der Waals surface area contributed by atoms with Crippen molar-refractivity contribution < 1.29 is 45.0 Å². The molecule has 0 amide bonds. The van der Waals surface area contributed by atoms with E-state index in [4.69, 9.17) is 9.84 Å². The Hall–Kier alpha value is -2.62. The Balaban J connectivity index is -0.000000376. The van der Waals surface area contributed by atoms with Gasteiger partial charge in [-0.3, -0.25) is 0 Å². The van der Waals surface area contributed by atoms with Gasteiger partial charge in [0.2, 0.25) is 0 Å². The molecule has 1 aromatic rings. The predicted octanol–water partition coefficient (Wildman–Crippen LogP) is 3.17. The molecule has 0 aliphatic heterocycles. The summed E-state index contributed by atoms with van der Waals surface area (Å²) in [5.41, 5.74) is -1.94. The molecule has 9 nitrogen and oxygen atoms in total. The van der Waals surface area contributed by atoms with Crippen molar-refractivity contribution in [3.05, 3.63) is 29.8 Å². The zero-order chi connectivity index (χ0) is 18.8. The Morgan fingerprint density at radius 3 is 2.00 bits per heavy atom. The van der Waals surface area contributed by atoms with Crippen molar-refractivity contribution in [2.45, 2.75) is 81.3 Å². The number of benzene rings is 1. The number of aliphatic hydroxyl groups excluding tert-OH is 2. The second kappa shape index (κ2) is 15.2. The third-order valence-corrected chi connectivity index (χ3v) is 3.94. The first-order valence-corrected chi connectivity index (χ1v) is 7.35. The van der Waals surface area contributed by atoms with Gasteiger partial charge in [-0.15, -0.1) is 0 Å². The summed E-state index contributed by atoms with van der Waals surface area (Å²) in [5.74, 6) is -3.24. The van der Waals surface area contributed by atoms with Gasteiger partial charge in [-0.2, -0.15) is 0 Å². The fourth-order valence-electron chi connectivity index (χ4n) is 2.53. The summed E-state index contributed by atoms with van der Waals surface area (Å²) in [6.45, 7) is 0. The summed E-state index contributed by atoms with van der Waals surface area (Å²) in [6, 6.07) is 3.83. The minimum absolute atomic E-state index is 0. The average Bonchev–Trinajstić information content (AvgIpc) is 2.53. The number of carboxylic acids is 1. The predicted molar refractivity (Wildman–Crippen MR) is 123 cm³/mol. The largest absolute Gasteiger partial charge is 0.504 e. The number of phenols is 2. The van der Waals surface area contributed by atoms with Crippen LogP contribution in [0.1, 0.15) is 63.0 Å². The minimum Gasteiger partial charge on any atom is -0.504 e. The lowest BCUT2D eigenvalue weighted by Crippen LogP contribution is -2.57. The average molecular weight is 451 g/mol. The fraction of sp³-hybridized carbons (Fsp3) is 0.545. The number of esters is 1. The molecule has 1 aliphatic carbocycles. The summed E-state index contributed by atoms with van der Waals surface area (Å²) < 4.78 is 4.92. The number of rotatable bonds is 4. The highest BCUT2D eigenvalue weighted by molar-refractivity contribution is 5.87. The van der Waals surface area contributed by atoms with Gasteiger partial charge in [0, 0.05) is 18.9 Å². The molecule has 4 unspecified atom stereocenters. The first-order valence-electron chi connectivity index (χ1n) is 7.35. The molecule has 0 bridgehead atoms. The van der Waals surface area contributed by atoms with Crippen molar-refractivity contribution >= 4 is 18.0 Å². The molecule has 0 saturated heterocycles. The summed E-state index contributed by atoms with van der Waals surface area (Å²) in [6.07, 6.45) is -3.44. The molecule has 2 rings (SSSR count). The van der Waals surface area contributed by atoms with Gasteiger partial charge in [-0.25, -0.2) is 9.59 Å². The van der Waals surface area contributed by atoms with Gasteiger partial charge >= 0.3 is 11.9 Å². The van der Waals surface area contributed by atoms with Crippen LogP contribution < -0.4 is 0 Å². The maximum absolute atomic E-state index is 11.8. The quantitative estimate of drug-likeness (QED) is 0.229. The van der Waals surface area contributed by atoms with Crippen LogP contribution in [0.2, 0.25) is 0 Å². The highest BCUT2D eigenvalue weighted by Crippen LogP contribution is 2.31. The number of carboxylic acid groups (broad SMARTS) is 1. The molecule has 9 heteroatoms. The molecule has 1 fully saturated rings. The number of aliphatic carboxylic acids is 1. The molecule has 31 heavy (non-hydrogen) atoms. The molecule has 6 N–H and O–H groups in total. The Kier molecular flexibility index (Phi) is 19.1. The Morgan fingerprint density at radius 1 is 0.968 bits per heavy atom. The Bertz CT molecular complexity index is 702. The highest BCUT2D eigenvalue weighted by Gasteiger charge is 2.50. The molecule has 184 valence electrons. The number of hydrogen-bond donors (Lipinski definition) is 6. The van der Waals surface area contributed by atoms with Crippen LogP contribution in [0.5, 0.6) is 11.5 Å². The second-order valence-electron chi connectivity index (χ2n) is 5.86. The van der Waals surface area contributed by atoms with E-state index in [1.54, 1.807) is 0 Å². The van der Waals surface area contributed by atoms with Crippen LogP contribution in [0.4, 0.5) is 0 Å². The Labute approximate surface area is 186 Å². The summed E-state index contributed by atoms with van der Waals surface area (Å²) in [5, 5.41) is 57.0. The molecule has 1 aliphatic rings. The number of phenolic OH excluding ortho intramolecular Hbond substituents is 2. The van der Waals surface area contributed by atoms with Crippen LogP contribution in [-0.2, 0) is 14.3 Å². The van der Waals surface area contributed by atoms with Gasteiger partial charge in [0.25, 0.3) is 0 Å². The third-order valence-electron chi connectivity index (χ3n) is 3.94.